The summed E-state index contributed by atoms with van der Waals surface area (Å²) in [7, 11) is 0. The number of primary amides is 1. The van der Waals surface area contributed by atoms with Crippen LogP contribution in [0.2, 0.25) is 5.02 Å². The molecule has 0 bridgehead atoms. The molecular formula is C10H12ClN2O. The number of halogens is 1. The molecule has 75 valence electrons. The molecule has 14 heavy (non-hydrogen) atoms. The first kappa shape index (κ1) is 10.9. The Labute approximate surface area is 88.5 Å². The van der Waals surface area contributed by atoms with E-state index in [2.05, 4.69) is 0 Å². The fourth-order valence-corrected chi connectivity index (χ4v) is 1.21. The summed E-state index contributed by atoms with van der Waals surface area (Å²) in [6.07, 6.45) is 0. The SMILES string of the molecule is C[CH]N(Cc1ccc(Cl)cc1)C(N)=O. The zero-order chi connectivity index (χ0) is 10.6. The first-order valence-corrected chi connectivity index (χ1v) is 4.61. The van der Waals surface area contributed by atoms with E-state index in [0.717, 1.165) is 5.56 Å². The summed E-state index contributed by atoms with van der Waals surface area (Å²) in [5, 5.41) is 0.680. The number of hydrogen-bond acceptors (Lipinski definition) is 1. The highest BCUT2D eigenvalue weighted by molar-refractivity contribution is 6.30. The summed E-state index contributed by atoms with van der Waals surface area (Å²) in [5.74, 6) is 0. The van der Waals surface area contributed by atoms with Gasteiger partial charge in [-0.25, -0.2) is 4.79 Å². The lowest BCUT2D eigenvalue weighted by molar-refractivity contribution is 0.217. The van der Waals surface area contributed by atoms with Gasteiger partial charge >= 0.3 is 6.03 Å². The lowest BCUT2D eigenvalue weighted by Crippen LogP contribution is -2.32. The number of rotatable bonds is 3. The van der Waals surface area contributed by atoms with Gasteiger partial charge in [0.25, 0.3) is 0 Å². The van der Waals surface area contributed by atoms with E-state index in [-0.39, 0.29) is 0 Å². The molecule has 2 N–H and O–H groups in total. The molecule has 1 radical (unpaired) electrons. The molecule has 0 heterocycles. The van der Waals surface area contributed by atoms with Crippen LogP contribution in [0.5, 0.6) is 0 Å². The van der Waals surface area contributed by atoms with Crippen LogP contribution in [0.1, 0.15) is 12.5 Å². The van der Waals surface area contributed by atoms with E-state index in [1.807, 2.05) is 12.1 Å². The van der Waals surface area contributed by atoms with Crippen LogP contribution in [0.4, 0.5) is 4.79 Å². The van der Waals surface area contributed by atoms with Gasteiger partial charge in [0.1, 0.15) is 0 Å². The molecular weight excluding hydrogens is 200 g/mol. The van der Waals surface area contributed by atoms with E-state index in [0.29, 0.717) is 11.6 Å². The van der Waals surface area contributed by atoms with E-state index >= 15 is 0 Å². The Hall–Kier alpha value is -1.22. The van der Waals surface area contributed by atoms with E-state index in [1.54, 1.807) is 25.6 Å². The van der Waals surface area contributed by atoms with Crippen molar-refractivity contribution in [2.24, 2.45) is 5.73 Å². The predicted molar refractivity (Wildman–Crippen MR) is 56.6 cm³/mol. The molecule has 3 nitrogen and oxygen atoms in total. The molecule has 2 amide bonds. The van der Waals surface area contributed by atoms with Crippen LogP contribution in [-0.4, -0.2) is 10.9 Å². The lowest BCUT2D eigenvalue weighted by atomic mass is 10.2. The van der Waals surface area contributed by atoms with E-state index in [1.165, 1.54) is 4.90 Å². The second-order valence-corrected chi connectivity index (χ2v) is 3.29. The van der Waals surface area contributed by atoms with Gasteiger partial charge in [-0.2, -0.15) is 0 Å². The molecule has 0 aliphatic carbocycles. The molecule has 0 aliphatic rings. The Kier molecular flexibility index (Phi) is 3.77. The highest BCUT2D eigenvalue weighted by Gasteiger charge is 2.07. The maximum Gasteiger partial charge on any atom is 0.315 e. The predicted octanol–water partition coefficient (Wildman–Crippen LogP) is 2.40. The molecule has 1 rings (SSSR count). The van der Waals surface area contributed by atoms with Crippen molar-refractivity contribution in [3.8, 4) is 0 Å². The van der Waals surface area contributed by atoms with Gasteiger partial charge in [-0.05, 0) is 24.6 Å². The van der Waals surface area contributed by atoms with Crippen LogP contribution >= 0.6 is 11.6 Å². The van der Waals surface area contributed by atoms with Gasteiger partial charge in [-0.15, -0.1) is 0 Å². The fourth-order valence-electron chi connectivity index (χ4n) is 1.08. The second-order valence-electron chi connectivity index (χ2n) is 2.85. The largest absolute Gasteiger partial charge is 0.351 e. The molecule has 0 aliphatic heterocycles. The summed E-state index contributed by atoms with van der Waals surface area (Å²) in [6, 6.07) is 6.84. The van der Waals surface area contributed by atoms with Crippen LogP contribution in [0, 0.1) is 6.54 Å². The number of nitrogens with zero attached hydrogens (tertiary/aromatic N) is 1. The summed E-state index contributed by atoms with van der Waals surface area (Å²) < 4.78 is 0. The summed E-state index contributed by atoms with van der Waals surface area (Å²) >= 11 is 5.73. The number of amides is 2. The Morgan fingerprint density at radius 1 is 1.50 bits per heavy atom. The molecule has 4 heteroatoms. The van der Waals surface area contributed by atoms with Crippen LogP contribution in [-0.2, 0) is 6.54 Å². The average molecular weight is 212 g/mol. The van der Waals surface area contributed by atoms with Crippen LogP contribution in [0.15, 0.2) is 24.3 Å². The van der Waals surface area contributed by atoms with Crippen LogP contribution in [0.25, 0.3) is 0 Å². The normalized spacial score (nSPS) is 9.86. The van der Waals surface area contributed by atoms with Crippen molar-refractivity contribution in [3.05, 3.63) is 41.4 Å². The van der Waals surface area contributed by atoms with Crippen molar-refractivity contribution in [2.45, 2.75) is 13.5 Å². The molecule has 0 spiro atoms. The van der Waals surface area contributed by atoms with Crippen molar-refractivity contribution >= 4 is 17.6 Å². The maximum absolute atomic E-state index is 10.9. The monoisotopic (exact) mass is 211 g/mol. The average Bonchev–Trinajstić information content (AvgIpc) is 2.16. The first-order valence-electron chi connectivity index (χ1n) is 4.23. The summed E-state index contributed by atoms with van der Waals surface area (Å²) in [4.78, 5) is 12.3. The molecule has 0 fully saturated rings. The van der Waals surface area contributed by atoms with Crippen molar-refractivity contribution in [1.82, 2.24) is 4.90 Å². The molecule has 1 aromatic rings. The third-order valence-electron chi connectivity index (χ3n) is 1.86. The quantitative estimate of drug-likeness (QED) is 0.820. The highest BCUT2D eigenvalue weighted by Crippen LogP contribution is 2.11. The maximum atomic E-state index is 10.9. The Bertz CT molecular complexity index is 310. The molecule has 0 saturated heterocycles. The molecule has 1 aromatic carbocycles. The van der Waals surface area contributed by atoms with Gasteiger partial charge in [0, 0.05) is 11.6 Å². The van der Waals surface area contributed by atoms with E-state index in [9.17, 15) is 4.79 Å². The van der Waals surface area contributed by atoms with Gasteiger partial charge < -0.3 is 10.6 Å². The van der Waals surface area contributed by atoms with Crippen LogP contribution < -0.4 is 5.73 Å². The third kappa shape index (κ3) is 2.92. The highest BCUT2D eigenvalue weighted by atomic mass is 35.5. The van der Waals surface area contributed by atoms with Crippen molar-refractivity contribution in [1.29, 1.82) is 0 Å². The minimum atomic E-state index is -0.456. The standard InChI is InChI=1S/C10H12ClN2O/c1-2-13(10(12)14)7-8-3-5-9(11)6-4-8/h2-6H,7H2,1H3,(H2,12,14). The van der Waals surface area contributed by atoms with Gasteiger partial charge in [0.15, 0.2) is 0 Å². The number of benzene rings is 1. The summed E-state index contributed by atoms with van der Waals surface area (Å²) in [5.41, 5.74) is 6.15. The minimum absolute atomic E-state index is 0.456. The topological polar surface area (TPSA) is 46.3 Å². The minimum Gasteiger partial charge on any atom is -0.351 e. The van der Waals surface area contributed by atoms with Gasteiger partial charge in [-0.3, -0.25) is 0 Å². The van der Waals surface area contributed by atoms with Crippen molar-refractivity contribution < 1.29 is 4.79 Å². The number of carbonyl (C=O) groups is 1. The Morgan fingerprint density at radius 3 is 2.50 bits per heavy atom. The molecule has 0 saturated carbocycles. The fraction of sp³-hybridized carbons (Fsp3) is 0.200. The van der Waals surface area contributed by atoms with Crippen LogP contribution in [0.3, 0.4) is 0 Å². The van der Waals surface area contributed by atoms with Crippen molar-refractivity contribution in [3.63, 3.8) is 0 Å². The third-order valence-corrected chi connectivity index (χ3v) is 2.11. The zero-order valence-corrected chi connectivity index (χ0v) is 8.66. The number of carbonyl (C=O) groups excluding carboxylic acids is 1. The molecule has 0 atom stereocenters. The smallest absolute Gasteiger partial charge is 0.315 e. The first-order chi connectivity index (χ1) is 6.63. The van der Waals surface area contributed by atoms with E-state index in [4.69, 9.17) is 17.3 Å². The zero-order valence-electron chi connectivity index (χ0n) is 7.90. The Balaban J connectivity index is 2.67. The Morgan fingerprint density at radius 2 is 2.07 bits per heavy atom. The number of urea groups is 1. The number of hydrogen-bond donors (Lipinski definition) is 1. The van der Waals surface area contributed by atoms with Gasteiger partial charge in [0.05, 0.1) is 6.54 Å². The lowest BCUT2D eigenvalue weighted by Gasteiger charge is -2.17. The second kappa shape index (κ2) is 4.86. The molecule has 0 unspecified atom stereocenters. The molecule has 0 aromatic heterocycles. The number of nitrogens with two attached hydrogens (primary N) is 1. The van der Waals surface area contributed by atoms with E-state index < -0.39 is 6.03 Å². The van der Waals surface area contributed by atoms with Crippen molar-refractivity contribution in [2.75, 3.05) is 0 Å². The van der Waals surface area contributed by atoms with Gasteiger partial charge in [0.2, 0.25) is 0 Å². The summed E-state index contributed by atoms with van der Waals surface area (Å²) in [6.45, 7) is 3.89. The van der Waals surface area contributed by atoms with Gasteiger partial charge in [-0.1, -0.05) is 23.7 Å².